The summed E-state index contributed by atoms with van der Waals surface area (Å²) in [4.78, 5) is 18.0. The minimum atomic E-state index is -0.971. The third-order valence-corrected chi connectivity index (χ3v) is 4.00. The summed E-state index contributed by atoms with van der Waals surface area (Å²) in [6.07, 6.45) is 2.41. The standard InChI is InChI=1S/C14H19N5O2/c1-8-11-12(16-9-4-5-18(2)7-9)10(14(20)21)6-15-13(11)19(3)17-8/h6,9H,4-5,7H2,1-3H3,(H,15,16)(H,20,21). The third kappa shape index (κ3) is 2.33. The van der Waals surface area contributed by atoms with Crippen molar-refractivity contribution in [2.45, 2.75) is 19.4 Å². The number of carboxylic acid groups (broad SMARTS) is 1. The molecular formula is C14H19N5O2. The van der Waals surface area contributed by atoms with E-state index in [1.807, 2.05) is 14.0 Å². The van der Waals surface area contributed by atoms with E-state index < -0.39 is 5.97 Å². The van der Waals surface area contributed by atoms with Crippen molar-refractivity contribution in [2.24, 2.45) is 7.05 Å². The molecule has 1 unspecified atom stereocenters. The van der Waals surface area contributed by atoms with Crippen molar-refractivity contribution in [1.29, 1.82) is 0 Å². The van der Waals surface area contributed by atoms with Gasteiger partial charge in [-0.05, 0) is 26.9 Å². The lowest BCUT2D eigenvalue weighted by Crippen LogP contribution is -2.24. The molecule has 2 aromatic rings. The Labute approximate surface area is 122 Å². The number of likely N-dealkylation sites (tertiary alicyclic amines) is 1. The van der Waals surface area contributed by atoms with E-state index in [9.17, 15) is 9.90 Å². The second-order valence-corrected chi connectivity index (χ2v) is 5.65. The molecule has 112 valence electrons. The Kier molecular flexibility index (Phi) is 3.29. The van der Waals surface area contributed by atoms with Gasteiger partial charge < -0.3 is 15.3 Å². The van der Waals surface area contributed by atoms with Crippen molar-refractivity contribution in [1.82, 2.24) is 19.7 Å². The monoisotopic (exact) mass is 289 g/mol. The van der Waals surface area contributed by atoms with Crippen LogP contribution >= 0.6 is 0 Å². The highest BCUT2D eigenvalue weighted by molar-refractivity contribution is 6.04. The van der Waals surface area contributed by atoms with Crippen molar-refractivity contribution >= 4 is 22.7 Å². The Morgan fingerprint density at radius 3 is 2.86 bits per heavy atom. The Bertz CT molecular complexity index is 709. The molecule has 0 saturated carbocycles. The zero-order valence-corrected chi connectivity index (χ0v) is 12.4. The lowest BCUT2D eigenvalue weighted by molar-refractivity contribution is 0.0697. The molecule has 0 aliphatic carbocycles. The summed E-state index contributed by atoms with van der Waals surface area (Å²) in [6, 6.07) is 0.248. The summed E-state index contributed by atoms with van der Waals surface area (Å²) in [5.74, 6) is -0.971. The lowest BCUT2D eigenvalue weighted by Gasteiger charge is -2.17. The van der Waals surface area contributed by atoms with Crippen LogP contribution < -0.4 is 5.32 Å². The van der Waals surface area contributed by atoms with Crippen molar-refractivity contribution in [3.05, 3.63) is 17.5 Å². The van der Waals surface area contributed by atoms with Crippen molar-refractivity contribution in [3.63, 3.8) is 0 Å². The van der Waals surface area contributed by atoms with Gasteiger partial charge in [-0.25, -0.2) is 9.78 Å². The zero-order valence-electron chi connectivity index (χ0n) is 12.4. The summed E-state index contributed by atoms with van der Waals surface area (Å²) in [6.45, 7) is 3.80. The number of hydrogen-bond acceptors (Lipinski definition) is 5. The predicted octanol–water partition coefficient (Wildman–Crippen LogP) is 1.09. The van der Waals surface area contributed by atoms with E-state index in [0.29, 0.717) is 11.3 Å². The molecule has 0 spiro atoms. The number of aryl methyl sites for hydroxylation is 2. The number of nitrogens with one attached hydrogen (secondary N) is 1. The average Bonchev–Trinajstić information content (AvgIpc) is 2.94. The number of anilines is 1. The molecule has 0 aromatic carbocycles. The Balaban J connectivity index is 2.12. The molecule has 2 N–H and O–H groups in total. The van der Waals surface area contributed by atoms with E-state index in [1.165, 1.54) is 6.20 Å². The minimum Gasteiger partial charge on any atom is -0.478 e. The normalized spacial score (nSPS) is 19.3. The number of rotatable bonds is 3. The molecule has 1 aliphatic rings. The number of pyridine rings is 1. The number of carbonyl (C=O) groups is 1. The van der Waals surface area contributed by atoms with Crippen LogP contribution in [0.1, 0.15) is 22.5 Å². The van der Waals surface area contributed by atoms with Crippen LogP contribution in [0.3, 0.4) is 0 Å². The summed E-state index contributed by atoms with van der Waals surface area (Å²) in [5.41, 5.74) is 2.33. The van der Waals surface area contributed by atoms with Crippen LogP contribution in [0.25, 0.3) is 11.0 Å². The minimum absolute atomic E-state index is 0.202. The largest absolute Gasteiger partial charge is 0.478 e. The fourth-order valence-electron chi connectivity index (χ4n) is 2.98. The molecule has 0 radical (unpaired) electrons. The summed E-state index contributed by atoms with van der Waals surface area (Å²) in [7, 11) is 3.88. The maximum Gasteiger partial charge on any atom is 0.339 e. The molecule has 7 nitrogen and oxygen atoms in total. The fraction of sp³-hybridized carbons (Fsp3) is 0.500. The molecule has 1 saturated heterocycles. The van der Waals surface area contributed by atoms with Gasteiger partial charge in [0.05, 0.1) is 16.8 Å². The summed E-state index contributed by atoms with van der Waals surface area (Å²) < 4.78 is 1.68. The zero-order chi connectivity index (χ0) is 15.1. The second kappa shape index (κ2) is 5.00. The molecule has 0 amide bonds. The van der Waals surface area contributed by atoms with Gasteiger partial charge in [-0.1, -0.05) is 0 Å². The van der Waals surface area contributed by atoms with E-state index in [4.69, 9.17) is 0 Å². The topological polar surface area (TPSA) is 83.3 Å². The molecule has 7 heteroatoms. The Morgan fingerprint density at radius 2 is 2.24 bits per heavy atom. The number of likely N-dealkylation sites (N-methyl/N-ethyl adjacent to an activating group) is 1. The van der Waals surface area contributed by atoms with Crippen LogP contribution in [0.4, 0.5) is 5.69 Å². The molecule has 3 heterocycles. The second-order valence-electron chi connectivity index (χ2n) is 5.65. The van der Waals surface area contributed by atoms with Crippen molar-refractivity contribution < 1.29 is 9.90 Å². The first-order valence-corrected chi connectivity index (χ1v) is 6.98. The number of nitrogens with zero attached hydrogens (tertiary/aromatic N) is 4. The van der Waals surface area contributed by atoms with E-state index in [0.717, 1.165) is 30.6 Å². The van der Waals surface area contributed by atoms with Gasteiger partial charge in [-0.2, -0.15) is 5.10 Å². The van der Waals surface area contributed by atoms with E-state index in [-0.39, 0.29) is 11.6 Å². The smallest absolute Gasteiger partial charge is 0.339 e. The van der Waals surface area contributed by atoms with Gasteiger partial charge >= 0.3 is 5.97 Å². The van der Waals surface area contributed by atoms with Gasteiger partial charge in [-0.3, -0.25) is 4.68 Å². The van der Waals surface area contributed by atoms with E-state index in [1.54, 1.807) is 4.68 Å². The molecule has 0 bridgehead atoms. The molecule has 1 fully saturated rings. The van der Waals surface area contributed by atoms with Crippen LogP contribution in [-0.2, 0) is 7.05 Å². The summed E-state index contributed by atoms with van der Waals surface area (Å²) in [5, 5.41) is 18.0. The van der Waals surface area contributed by atoms with Gasteiger partial charge in [0, 0.05) is 25.8 Å². The van der Waals surface area contributed by atoms with Crippen LogP contribution in [0.2, 0.25) is 0 Å². The van der Waals surface area contributed by atoms with Crippen LogP contribution in [0.5, 0.6) is 0 Å². The first-order valence-electron chi connectivity index (χ1n) is 6.98. The van der Waals surface area contributed by atoms with Gasteiger partial charge in [-0.15, -0.1) is 0 Å². The van der Waals surface area contributed by atoms with Crippen LogP contribution in [-0.4, -0.2) is 56.9 Å². The SMILES string of the molecule is Cc1nn(C)c2ncc(C(=O)O)c(NC3CCN(C)C3)c12. The maximum atomic E-state index is 11.5. The molecular weight excluding hydrogens is 270 g/mol. The Morgan fingerprint density at radius 1 is 1.48 bits per heavy atom. The first-order chi connectivity index (χ1) is 9.97. The van der Waals surface area contributed by atoms with Gasteiger partial charge in [0.25, 0.3) is 0 Å². The number of aromatic carboxylic acids is 1. The van der Waals surface area contributed by atoms with E-state index in [2.05, 4.69) is 27.3 Å². The number of hydrogen-bond donors (Lipinski definition) is 2. The van der Waals surface area contributed by atoms with Gasteiger partial charge in [0.1, 0.15) is 5.56 Å². The lowest BCUT2D eigenvalue weighted by atomic mass is 10.1. The summed E-state index contributed by atoms with van der Waals surface area (Å²) >= 11 is 0. The van der Waals surface area contributed by atoms with Crippen LogP contribution in [0, 0.1) is 6.92 Å². The number of carboxylic acids is 1. The highest BCUT2D eigenvalue weighted by atomic mass is 16.4. The molecule has 3 rings (SSSR count). The first kappa shape index (κ1) is 13.8. The highest BCUT2D eigenvalue weighted by Crippen LogP contribution is 2.30. The van der Waals surface area contributed by atoms with Crippen molar-refractivity contribution in [3.8, 4) is 0 Å². The molecule has 2 aromatic heterocycles. The molecule has 21 heavy (non-hydrogen) atoms. The Hall–Kier alpha value is -2.15. The van der Waals surface area contributed by atoms with E-state index >= 15 is 0 Å². The molecule has 1 aliphatic heterocycles. The average molecular weight is 289 g/mol. The van der Waals surface area contributed by atoms with Gasteiger partial charge in [0.2, 0.25) is 0 Å². The van der Waals surface area contributed by atoms with Crippen molar-refractivity contribution in [2.75, 3.05) is 25.5 Å². The maximum absolute atomic E-state index is 11.5. The molecule has 1 atom stereocenters. The fourth-order valence-corrected chi connectivity index (χ4v) is 2.98. The quantitative estimate of drug-likeness (QED) is 0.880. The van der Waals surface area contributed by atoms with Crippen LogP contribution in [0.15, 0.2) is 6.20 Å². The number of fused-ring (bicyclic) bond motifs is 1. The highest BCUT2D eigenvalue weighted by Gasteiger charge is 2.24. The van der Waals surface area contributed by atoms with Gasteiger partial charge in [0.15, 0.2) is 5.65 Å². The predicted molar refractivity (Wildman–Crippen MR) is 79.7 cm³/mol. The third-order valence-electron chi connectivity index (χ3n) is 4.00. The number of aromatic nitrogens is 3.